The maximum absolute atomic E-state index is 12.6. The van der Waals surface area contributed by atoms with E-state index in [1.165, 1.54) is 12.7 Å². The van der Waals surface area contributed by atoms with Gasteiger partial charge in [0.25, 0.3) is 5.91 Å². The molecule has 0 spiro atoms. The summed E-state index contributed by atoms with van der Waals surface area (Å²) in [7, 11) is 1.53. The summed E-state index contributed by atoms with van der Waals surface area (Å²) in [6.07, 6.45) is 1.59. The number of nitrogens with one attached hydrogen (secondary N) is 1. The third kappa shape index (κ3) is 5.74. The van der Waals surface area contributed by atoms with E-state index in [1.807, 2.05) is 54.6 Å². The van der Waals surface area contributed by atoms with Crippen LogP contribution in [-0.4, -0.2) is 19.6 Å². The van der Waals surface area contributed by atoms with Gasteiger partial charge in [-0.2, -0.15) is 5.26 Å². The van der Waals surface area contributed by atoms with Gasteiger partial charge in [0.1, 0.15) is 17.4 Å². The zero-order chi connectivity index (χ0) is 22.1. The van der Waals surface area contributed by atoms with Gasteiger partial charge in [0.2, 0.25) is 0 Å². The van der Waals surface area contributed by atoms with E-state index in [4.69, 9.17) is 4.74 Å². The molecule has 5 heteroatoms. The number of methoxy groups -OCH3 is 1. The quantitative estimate of drug-likeness (QED) is 0.405. The molecule has 0 fully saturated rings. The smallest absolute Gasteiger partial charge is 0.266 e. The van der Waals surface area contributed by atoms with Gasteiger partial charge in [-0.15, -0.1) is 0 Å². The molecule has 0 aromatic heterocycles. The van der Waals surface area contributed by atoms with Gasteiger partial charge in [-0.3, -0.25) is 4.79 Å². The molecule has 3 aromatic rings. The Labute approximate surface area is 183 Å². The molecule has 156 valence electrons. The van der Waals surface area contributed by atoms with Gasteiger partial charge in [-0.25, -0.2) is 0 Å². The number of carbonyl (C=O) groups is 1. The Hall–Kier alpha value is -4.04. The first-order chi connectivity index (χ1) is 15.1. The number of nitrogens with zero attached hydrogens (tertiary/aromatic N) is 2. The molecule has 31 heavy (non-hydrogen) atoms. The first kappa shape index (κ1) is 21.7. The Bertz CT molecular complexity index is 1080. The fourth-order valence-electron chi connectivity index (χ4n) is 3.22. The largest absolute Gasteiger partial charge is 0.495 e. The third-order valence-electron chi connectivity index (χ3n) is 4.89. The first-order valence-corrected chi connectivity index (χ1v) is 10.1. The van der Waals surface area contributed by atoms with Crippen LogP contribution in [0.3, 0.4) is 0 Å². The summed E-state index contributed by atoms with van der Waals surface area (Å²) in [5.41, 5.74) is 3.65. The molecule has 0 aliphatic carbocycles. The zero-order valence-corrected chi connectivity index (χ0v) is 17.7. The highest BCUT2D eigenvalue weighted by Gasteiger charge is 2.12. The number of carbonyl (C=O) groups excluding carboxylic acids is 1. The molecular formula is C26H25N3O2. The van der Waals surface area contributed by atoms with Crippen molar-refractivity contribution in [2.24, 2.45) is 0 Å². The van der Waals surface area contributed by atoms with Crippen molar-refractivity contribution in [3.8, 4) is 11.8 Å². The van der Waals surface area contributed by atoms with Gasteiger partial charge in [0.05, 0.1) is 12.8 Å². The summed E-state index contributed by atoms with van der Waals surface area (Å²) in [6.45, 7) is 3.80. The fourth-order valence-corrected chi connectivity index (χ4v) is 3.22. The minimum absolute atomic E-state index is 0.0234. The van der Waals surface area contributed by atoms with Gasteiger partial charge < -0.3 is 15.0 Å². The molecule has 1 N–H and O–H groups in total. The number of nitriles is 1. The number of anilines is 2. The SMILES string of the molecule is CCN(Cc1ccccc1)c1ccc(/C=C(\C#N)C(=O)Nc2ccccc2OC)cc1. The van der Waals surface area contributed by atoms with Crippen molar-refractivity contribution in [2.75, 3.05) is 23.9 Å². The molecule has 3 rings (SSSR count). The molecule has 0 saturated carbocycles. The second-order valence-electron chi connectivity index (χ2n) is 6.92. The monoisotopic (exact) mass is 411 g/mol. The summed E-state index contributed by atoms with van der Waals surface area (Å²) in [4.78, 5) is 14.8. The van der Waals surface area contributed by atoms with Crippen LogP contribution in [0.5, 0.6) is 5.75 Å². The molecule has 3 aromatic carbocycles. The number of benzene rings is 3. The average molecular weight is 412 g/mol. The van der Waals surface area contributed by atoms with Crippen LogP contribution in [0.2, 0.25) is 0 Å². The van der Waals surface area contributed by atoms with E-state index in [2.05, 4.69) is 29.3 Å². The van der Waals surface area contributed by atoms with Crippen LogP contribution < -0.4 is 15.0 Å². The van der Waals surface area contributed by atoms with E-state index in [0.29, 0.717) is 11.4 Å². The molecule has 0 radical (unpaired) electrons. The van der Waals surface area contributed by atoms with E-state index < -0.39 is 5.91 Å². The second-order valence-corrected chi connectivity index (χ2v) is 6.92. The van der Waals surface area contributed by atoms with Gasteiger partial charge in [0, 0.05) is 18.8 Å². The Kier molecular flexibility index (Phi) is 7.45. The van der Waals surface area contributed by atoms with Gasteiger partial charge in [0.15, 0.2) is 0 Å². The Balaban J connectivity index is 1.74. The Morgan fingerprint density at radius 1 is 1.03 bits per heavy atom. The molecule has 0 aliphatic heterocycles. The standard InChI is InChI=1S/C26H25N3O2/c1-3-29(19-21-9-5-4-6-10-21)23-15-13-20(14-16-23)17-22(18-27)26(30)28-24-11-7-8-12-25(24)31-2/h4-17H,3,19H2,1-2H3,(H,28,30)/b22-17+. The summed E-state index contributed by atoms with van der Waals surface area (Å²) >= 11 is 0. The number of amides is 1. The number of ether oxygens (including phenoxy) is 1. The third-order valence-corrected chi connectivity index (χ3v) is 4.89. The topological polar surface area (TPSA) is 65.4 Å². The Morgan fingerprint density at radius 2 is 1.71 bits per heavy atom. The number of rotatable bonds is 8. The summed E-state index contributed by atoms with van der Waals surface area (Å²) < 4.78 is 5.24. The normalized spacial score (nSPS) is 10.8. The first-order valence-electron chi connectivity index (χ1n) is 10.1. The molecule has 5 nitrogen and oxygen atoms in total. The minimum atomic E-state index is -0.477. The maximum Gasteiger partial charge on any atom is 0.266 e. The second kappa shape index (κ2) is 10.7. The number of hydrogen-bond acceptors (Lipinski definition) is 4. The molecule has 0 unspecified atom stereocenters. The van der Waals surface area contributed by atoms with Crippen molar-refractivity contribution in [2.45, 2.75) is 13.5 Å². The lowest BCUT2D eigenvalue weighted by molar-refractivity contribution is -0.112. The zero-order valence-electron chi connectivity index (χ0n) is 17.7. The molecular weight excluding hydrogens is 386 g/mol. The highest BCUT2D eigenvalue weighted by Crippen LogP contribution is 2.24. The fraction of sp³-hybridized carbons (Fsp3) is 0.154. The van der Waals surface area contributed by atoms with Crippen LogP contribution in [0.4, 0.5) is 11.4 Å². The highest BCUT2D eigenvalue weighted by atomic mass is 16.5. The van der Waals surface area contributed by atoms with Crippen LogP contribution in [0.1, 0.15) is 18.1 Å². The van der Waals surface area contributed by atoms with Gasteiger partial charge in [-0.1, -0.05) is 54.6 Å². The Morgan fingerprint density at radius 3 is 2.35 bits per heavy atom. The summed E-state index contributed by atoms with van der Waals surface area (Å²) in [5.74, 6) is 0.0610. The molecule has 0 atom stereocenters. The van der Waals surface area contributed by atoms with Crippen LogP contribution in [0.15, 0.2) is 84.4 Å². The summed E-state index contributed by atoms with van der Waals surface area (Å²) in [5, 5.41) is 12.2. The number of para-hydroxylation sites is 2. The highest BCUT2D eigenvalue weighted by molar-refractivity contribution is 6.10. The van der Waals surface area contributed by atoms with Crippen LogP contribution in [-0.2, 0) is 11.3 Å². The average Bonchev–Trinajstić information content (AvgIpc) is 2.82. The predicted molar refractivity (Wildman–Crippen MR) is 125 cm³/mol. The van der Waals surface area contributed by atoms with Crippen molar-refractivity contribution in [1.29, 1.82) is 5.26 Å². The predicted octanol–water partition coefficient (Wildman–Crippen LogP) is 5.27. The minimum Gasteiger partial charge on any atom is -0.495 e. The molecule has 0 aliphatic rings. The van der Waals surface area contributed by atoms with Crippen LogP contribution >= 0.6 is 0 Å². The van der Waals surface area contributed by atoms with Crippen molar-refractivity contribution < 1.29 is 9.53 Å². The molecule has 0 heterocycles. The van der Waals surface area contributed by atoms with Crippen molar-refractivity contribution in [3.05, 3.63) is 95.6 Å². The molecule has 0 bridgehead atoms. The maximum atomic E-state index is 12.6. The van der Waals surface area contributed by atoms with E-state index in [-0.39, 0.29) is 5.57 Å². The lowest BCUT2D eigenvalue weighted by Crippen LogP contribution is -2.21. The van der Waals surface area contributed by atoms with E-state index >= 15 is 0 Å². The van der Waals surface area contributed by atoms with Crippen LogP contribution in [0, 0.1) is 11.3 Å². The molecule has 1 amide bonds. The van der Waals surface area contributed by atoms with E-state index in [0.717, 1.165) is 24.3 Å². The van der Waals surface area contributed by atoms with Crippen molar-refractivity contribution >= 4 is 23.4 Å². The van der Waals surface area contributed by atoms with Crippen molar-refractivity contribution in [1.82, 2.24) is 0 Å². The summed E-state index contributed by atoms with van der Waals surface area (Å²) in [6, 6.07) is 27.2. The van der Waals surface area contributed by atoms with Crippen LogP contribution in [0.25, 0.3) is 6.08 Å². The van der Waals surface area contributed by atoms with E-state index in [1.54, 1.807) is 24.3 Å². The lowest BCUT2D eigenvalue weighted by atomic mass is 10.1. The van der Waals surface area contributed by atoms with Gasteiger partial charge in [-0.05, 0) is 48.4 Å². The number of hydrogen-bond donors (Lipinski definition) is 1. The molecule has 0 saturated heterocycles. The van der Waals surface area contributed by atoms with Crippen molar-refractivity contribution in [3.63, 3.8) is 0 Å². The van der Waals surface area contributed by atoms with E-state index in [9.17, 15) is 10.1 Å². The lowest BCUT2D eigenvalue weighted by Gasteiger charge is -2.23. The van der Waals surface area contributed by atoms with Gasteiger partial charge >= 0.3 is 0 Å².